The molecule has 0 unspecified atom stereocenters. The predicted octanol–water partition coefficient (Wildman–Crippen LogP) is 2.95. The molecule has 2 aromatic carbocycles. The molecule has 1 heterocycles. The molecule has 3 rings (SSSR count). The van der Waals surface area contributed by atoms with Crippen LogP contribution in [0.4, 0.5) is 28.8 Å². The maximum absolute atomic E-state index is 13.2. The Balaban J connectivity index is 1.67. The van der Waals surface area contributed by atoms with Crippen molar-refractivity contribution in [1.29, 1.82) is 0 Å². The molecular formula is C30H37N9O4. The van der Waals surface area contributed by atoms with Gasteiger partial charge in [-0.05, 0) is 69.9 Å². The summed E-state index contributed by atoms with van der Waals surface area (Å²) in [6.45, 7) is 4.75. The van der Waals surface area contributed by atoms with Gasteiger partial charge in [0.15, 0.2) is 0 Å². The van der Waals surface area contributed by atoms with Gasteiger partial charge in [-0.15, -0.1) is 0 Å². The molecule has 3 aromatic rings. The van der Waals surface area contributed by atoms with Crippen molar-refractivity contribution in [2.45, 2.75) is 26.3 Å². The van der Waals surface area contributed by atoms with E-state index in [-0.39, 0.29) is 17.4 Å². The van der Waals surface area contributed by atoms with Crippen molar-refractivity contribution < 1.29 is 19.2 Å². The Bertz CT molecular complexity index is 1470. The van der Waals surface area contributed by atoms with E-state index in [1.807, 2.05) is 25.9 Å². The second-order valence-electron chi connectivity index (χ2n) is 9.87. The van der Waals surface area contributed by atoms with Gasteiger partial charge in [-0.2, -0.15) is 4.98 Å². The van der Waals surface area contributed by atoms with Crippen LogP contribution in [0.15, 0.2) is 66.9 Å². The highest BCUT2D eigenvalue weighted by atomic mass is 16.2. The summed E-state index contributed by atoms with van der Waals surface area (Å²) in [6.07, 6.45) is 5.30. The van der Waals surface area contributed by atoms with E-state index < -0.39 is 23.8 Å². The van der Waals surface area contributed by atoms with Crippen molar-refractivity contribution in [1.82, 2.24) is 20.2 Å². The maximum Gasteiger partial charge on any atom is 0.260 e. The molecule has 0 fully saturated rings. The molecule has 1 aromatic heterocycles. The van der Waals surface area contributed by atoms with Gasteiger partial charge in [0, 0.05) is 48.0 Å². The minimum absolute atomic E-state index is 0.219. The first kappa shape index (κ1) is 32.2. The Morgan fingerprint density at radius 1 is 1.00 bits per heavy atom. The highest BCUT2D eigenvalue weighted by Crippen LogP contribution is 2.21. The van der Waals surface area contributed by atoms with Crippen LogP contribution >= 0.6 is 0 Å². The number of hydrogen-bond donors (Lipinski definition) is 6. The van der Waals surface area contributed by atoms with Crippen molar-refractivity contribution in [2.75, 3.05) is 48.5 Å². The number of likely N-dealkylation sites (N-methyl/N-ethyl adjacent to an activating group) is 1. The monoisotopic (exact) mass is 587 g/mol. The lowest BCUT2D eigenvalue weighted by Gasteiger charge is -2.15. The summed E-state index contributed by atoms with van der Waals surface area (Å²) in [4.78, 5) is 59.9. The molecule has 7 N–H and O–H groups in total. The molecule has 0 aliphatic carbocycles. The number of rotatable bonds is 14. The second kappa shape index (κ2) is 15.6. The molecule has 0 radical (unpaired) electrons. The summed E-state index contributed by atoms with van der Waals surface area (Å²) < 4.78 is 0. The fraction of sp³-hybridized carbons (Fsp3) is 0.267. The zero-order valence-corrected chi connectivity index (χ0v) is 24.6. The van der Waals surface area contributed by atoms with E-state index in [0.717, 1.165) is 6.42 Å². The molecule has 0 bridgehead atoms. The molecule has 1 atom stereocenters. The van der Waals surface area contributed by atoms with Crippen molar-refractivity contribution in [3.63, 3.8) is 0 Å². The average Bonchev–Trinajstić information content (AvgIpc) is 2.96. The van der Waals surface area contributed by atoms with Gasteiger partial charge in [0.2, 0.25) is 23.7 Å². The molecule has 4 amide bonds. The van der Waals surface area contributed by atoms with Crippen molar-refractivity contribution in [3.8, 4) is 0 Å². The van der Waals surface area contributed by atoms with E-state index in [9.17, 15) is 19.2 Å². The first-order chi connectivity index (χ1) is 20.5. The second-order valence-corrected chi connectivity index (χ2v) is 9.87. The molecule has 43 heavy (non-hydrogen) atoms. The van der Waals surface area contributed by atoms with Crippen LogP contribution in [0.25, 0.3) is 0 Å². The zero-order chi connectivity index (χ0) is 31.4. The minimum atomic E-state index is -0.785. The number of aromatic nitrogens is 2. The SMILES string of the molecule is CCCNc1nc(Nc2ccc(C(N)=O)cc2)ncc1C(=O)Nc1cccc(NC(=O)[C@H](C)NC(=O)/C=C/CN(C)C)c1. The fourth-order valence-electron chi connectivity index (χ4n) is 3.65. The van der Waals surface area contributed by atoms with Crippen molar-refractivity contribution in [2.24, 2.45) is 5.73 Å². The van der Waals surface area contributed by atoms with Crippen LogP contribution in [-0.2, 0) is 9.59 Å². The lowest BCUT2D eigenvalue weighted by molar-refractivity contribution is -0.123. The van der Waals surface area contributed by atoms with Gasteiger partial charge in [-0.1, -0.05) is 19.1 Å². The molecule has 0 saturated heterocycles. The van der Waals surface area contributed by atoms with E-state index in [0.29, 0.717) is 41.5 Å². The first-order valence-corrected chi connectivity index (χ1v) is 13.7. The number of primary amides is 1. The topological polar surface area (TPSA) is 183 Å². The summed E-state index contributed by atoms with van der Waals surface area (Å²) in [7, 11) is 3.77. The lowest BCUT2D eigenvalue weighted by Crippen LogP contribution is -2.40. The molecule has 0 saturated carbocycles. The average molecular weight is 588 g/mol. The van der Waals surface area contributed by atoms with Crippen LogP contribution in [0.3, 0.4) is 0 Å². The van der Waals surface area contributed by atoms with Gasteiger partial charge in [0.05, 0.1) is 0 Å². The zero-order valence-electron chi connectivity index (χ0n) is 24.6. The van der Waals surface area contributed by atoms with Crippen LogP contribution in [0.5, 0.6) is 0 Å². The number of nitrogens with one attached hydrogen (secondary N) is 5. The van der Waals surface area contributed by atoms with Gasteiger partial charge >= 0.3 is 0 Å². The molecule has 226 valence electrons. The Morgan fingerprint density at radius 3 is 2.35 bits per heavy atom. The molecule has 13 heteroatoms. The third-order valence-electron chi connectivity index (χ3n) is 5.88. The quantitative estimate of drug-likeness (QED) is 0.154. The fourth-order valence-corrected chi connectivity index (χ4v) is 3.65. The summed E-state index contributed by atoms with van der Waals surface area (Å²) in [5.74, 6) is -1.18. The largest absolute Gasteiger partial charge is 0.369 e. The maximum atomic E-state index is 13.2. The van der Waals surface area contributed by atoms with Crippen molar-refractivity contribution in [3.05, 3.63) is 78.0 Å². The summed E-state index contributed by atoms with van der Waals surface area (Å²) in [5, 5.41) is 14.4. The smallest absolute Gasteiger partial charge is 0.260 e. The number of hydrogen-bond acceptors (Lipinski definition) is 9. The van der Waals surface area contributed by atoms with Gasteiger partial charge in [0.1, 0.15) is 17.4 Å². The van der Waals surface area contributed by atoms with E-state index in [1.54, 1.807) is 61.5 Å². The van der Waals surface area contributed by atoms with Crippen LogP contribution in [0.2, 0.25) is 0 Å². The third kappa shape index (κ3) is 10.2. The molecule has 0 spiro atoms. The number of carbonyl (C=O) groups excluding carboxylic acids is 4. The third-order valence-corrected chi connectivity index (χ3v) is 5.88. The summed E-state index contributed by atoms with van der Waals surface area (Å²) >= 11 is 0. The number of amides is 4. The van der Waals surface area contributed by atoms with Crippen LogP contribution in [0.1, 0.15) is 41.0 Å². The van der Waals surface area contributed by atoms with Crippen LogP contribution < -0.4 is 32.3 Å². The number of nitrogens with two attached hydrogens (primary N) is 1. The van der Waals surface area contributed by atoms with Crippen molar-refractivity contribution >= 4 is 52.5 Å². The number of anilines is 5. The Kier molecular flexibility index (Phi) is 11.7. The lowest BCUT2D eigenvalue weighted by atomic mass is 10.2. The highest BCUT2D eigenvalue weighted by molar-refractivity contribution is 6.08. The van der Waals surface area contributed by atoms with Gasteiger partial charge in [-0.3, -0.25) is 19.2 Å². The van der Waals surface area contributed by atoms with E-state index in [4.69, 9.17) is 5.73 Å². The normalized spacial score (nSPS) is 11.6. The standard InChI is InChI=1S/C30H37N9O4/c1-5-15-32-27-24(18-33-30(38-27)37-21-13-11-20(12-14-21)26(31)41)29(43)36-23-9-6-8-22(17-23)35-28(42)19(2)34-25(40)10-7-16-39(3)4/h6-14,17-19H,5,15-16H2,1-4H3,(H2,31,41)(H,34,40)(H,35,42)(H,36,43)(H2,32,33,37,38)/b10-7+/t19-/m0/s1. The van der Waals surface area contributed by atoms with Crippen LogP contribution in [-0.4, -0.2) is 71.7 Å². The summed E-state index contributed by atoms with van der Waals surface area (Å²) in [5.41, 5.74) is 7.40. The molecule has 0 aliphatic rings. The number of carbonyl (C=O) groups is 4. The Morgan fingerprint density at radius 2 is 1.70 bits per heavy atom. The van der Waals surface area contributed by atoms with Crippen LogP contribution in [0, 0.1) is 0 Å². The summed E-state index contributed by atoms with van der Waals surface area (Å²) in [6, 6.07) is 12.4. The van der Waals surface area contributed by atoms with E-state index in [2.05, 4.69) is 36.6 Å². The molecule has 13 nitrogen and oxygen atoms in total. The molecule has 0 aliphatic heterocycles. The number of benzene rings is 2. The van der Waals surface area contributed by atoms with E-state index in [1.165, 1.54) is 12.3 Å². The first-order valence-electron chi connectivity index (χ1n) is 13.7. The van der Waals surface area contributed by atoms with Gasteiger partial charge in [0.25, 0.3) is 5.91 Å². The molecular weight excluding hydrogens is 550 g/mol. The van der Waals surface area contributed by atoms with E-state index >= 15 is 0 Å². The van der Waals surface area contributed by atoms with Gasteiger partial charge in [-0.25, -0.2) is 4.98 Å². The minimum Gasteiger partial charge on any atom is -0.369 e. The Labute approximate surface area is 250 Å². The van der Waals surface area contributed by atoms with Gasteiger partial charge < -0.3 is 37.2 Å². The Hall–Kier alpha value is -5.30. The predicted molar refractivity (Wildman–Crippen MR) is 167 cm³/mol. The highest BCUT2D eigenvalue weighted by Gasteiger charge is 2.17. The number of nitrogens with zero attached hydrogens (tertiary/aromatic N) is 3.